The van der Waals surface area contributed by atoms with Crippen molar-refractivity contribution in [2.24, 2.45) is 11.8 Å². The quantitative estimate of drug-likeness (QED) is 0.799. The number of anilines is 1. The normalized spacial score (nSPS) is 21.0. The molecule has 0 aromatic heterocycles. The molecule has 7 heteroatoms. The minimum Gasteiger partial charge on any atom is -0.481 e. The summed E-state index contributed by atoms with van der Waals surface area (Å²) in [6, 6.07) is 2.07. The van der Waals surface area contributed by atoms with Gasteiger partial charge in [-0.1, -0.05) is 6.42 Å². The first-order chi connectivity index (χ1) is 9.97. The average molecular weight is 298 g/mol. The van der Waals surface area contributed by atoms with Crippen LogP contribution in [0.1, 0.15) is 19.3 Å². The molecule has 1 aromatic carbocycles. The molecule has 0 spiro atoms. The van der Waals surface area contributed by atoms with Crippen molar-refractivity contribution in [3.8, 4) is 0 Å². The van der Waals surface area contributed by atoms with Gasteiger partial charge in [-0.05, 0) is 30.9 Å². The second kappa shape index (κ2) is 6.51. The summed E-state index contributed by atoms with van der Waals surface area (Å²) in [7, 11) is 0. The Morgan fingerprint density at radius 2 is 2.05 bits per heavy atom. The van der Waals surface area contributed by atoms with E-state index in [2.05, 4.69) is 10.6 Å². The number of amides is 2. The van der Waals surface area contributed by atoms with Crippen molar-refractivity contribution in [3.05, 3.63) is 29.8 Å². The number of hydrogen-bond donors (Lipinski definition) is 3. The number of carbonyl (C=O) groups is 2. The number of nitrogens with one attached hydrogen (secondary N) is 2. The van der Waals surface area contributed by atoms with E-state index in [1.807, 2.05) is 0 Å². The number of carboxylic acids is 1. The molecule has 5 nitrogen and oxygen atoms in total. The number of benzene rings is 1. The van der Waals surface area contributed by atoms with Crippen LogP contribution < -0.4 is 10.6 Å². The summed E-state index contributed by atoms with van der Waals surface area (Å²) in [6.45, 7) is 0.194. The molecule has 2 unspecified atom stereocenters. The van der Waals surface area contributed by atoms with Crippen LogP contribution in [0.25, 0.3) is 0 Å². The SMILES string of the molecule is O=C(NCC1CCCC1C(=O)O)Nc1cc(F)ccc1F. The first kappa shape index (κ1) is 15.2. The molecule has 1 aliphatic carbocycles. The Labute approximate surface area is 120 Å². The van der Waals surface area contributed by atoms with E-state index in [9.17, 15) is 18.4 Å². The maximum absolute atomic E-state index is 13.4. The Morgan fingerprint density at radius 1 is 1.29 bits per heavy atom. The van der Waals surface area contributed by atoms with Crippen molar-refractivity contribution in [2.45, 2.75) is 19.3 Å². The number of urea groups is 1. The second-order valence-corrected chi connectivity index (χ2v) is 5.09. The lowest BCUT2D eigenvalue weighted by Gasteiger charge is -2.16. The molecule has 1 aromatic rings. The van der Waals surface area contributed by atoms with Crippen LogP contribution in [-0.2, 0) is 4.79 Å². The van der Waals surface area contributed by atoms with E-state index in [4.69, 9.17) is 5.11 Å². The molecule has 0 heterocycles. The van der Waals surface area contributed by atoms with Gasteiger partial charge in [0.15, 0.2) is 0 Å². The monoisotopic (exact) mass is 298 g/mol. The molecule has 1 saturated carbocycles. The number of carbonyl (C=O) groups excluding carboxylic acids is 1. The van der Waals surface area contributed by atoms with Gasteiger partial charge in [-0.2, -0.15) is 0 Å². The van der Waals surface area contributed by atoms with Crippen LogP contribution >= 0.6 is 0 Å². The number of hydrogen-bond acceptors (Lipinski definition) is 2. The Hall–Kier alpha value is -2.18. The third kappa shape index (κ3) is 3.90. The first-order valence-corrected chi connectivity index (χ1v) is 6.70. The largest absolute Gasteiger partial charge is 0.481 e. The van der Waals surface area contributed by atoms with Crippen LogP contribution in [0.4, 0.5) is 19.3 Å². The van der Waals surface area contributed by atoms with Crippen molar-refractivity contribution < 1.29 is 23.5 Å². The zero-order valence-electron chi connectivity index (χ0n) is 11.2. The number of carboxylic acid groups (broad SMARTS) is 1. The molecule has 114 valence electrons. The predicted molar refractivity (Wildman–Crippen MR) is 71.8 cm³/mol. The minimum absolute atomic E-state index is 0.134. The van der Waals surface area contributed by atoms with Crippen LogP contribution in [0, 0.1) is 23.5 Å². The van der Waals surface area contributed by atoms with Crippen molar-refractivity contribution in [1.82, 2.24) is 5.32 Å². The van der Waals surface area contributed by atoms with E-state index in [1.54, 1.807) is 0 Å². The summed E-state index contributed by atoms with van der Waals surface area (Å²) in [5.41, 5.74) is -0.256. The van der Waals surface area contributed by atoms with Gasteiger partial charge in [-0.25, -0.2) is 13.6 Å². The lowest BCUT2D eigenvalue weighted by atomic mass is 9.96. The summed E-state index contributed by atoms with van der Waals surface area (Å²) in [5, 5.41) is 13.7. The van der Waals surface area contributed by atoms with Crippen LogP contribution in [0.5, 0.6) is 0 Å². The second-order valence-electron chi connectivity index (χ2n) is 5.09. The van der Waals surface area contributed by atoms with Gasteiger partial charge in [0, 0.05) is 12.6 Å². The van der Waals surface area contributed by atoms with Gasteiger partial charge < -0.3 is 15.7 Å². The van der Waals surface area contributed by atoms with E-state index in [-0.39, 0.29) is 18.2 Å². The summed E-state index contributed by atoms with van der Waals surface area (Å²) in [5.74, 6) is -2.86. The molecule has 2 amide bonds. The zero-order chi connectivity index (χ0) is 15.4. The first-order valence-electron chi connectivity index (χ1n) is 6.70. The van der Waals surface area contributed by atoms with E-state index in [1.165, 1.54) is 0 Å². The van der Waals surface area contributed by atoms with Crippen molar-refractivity contribution in [2.75, 3.05) is 11.9 Å². The molecular formula is C14H16F2N2O3. The molecule has 2 atom stereocenters. The third-order valence-electron chi connectivity index (χ3n) is 3.68. The lowest BCUT2D eigenvalue weighted by Crippen LogP contribution is -2.35. The van der Waals surface area contributed by atoms with Crippen molar-refractivity contribution in [3.63, 3.8) is 0 Å². The molecule has 0 aliphatic heterocycles. The number of rotatable bonds is 4. The highest BCUT2D eigenvalue weighted by Gasteiger charge is 2.32. The molecule has 3 N–H and O–H groups in total. The molecule has 0 radical (unpaired) electrons. The Kier molecular flexibility index (Phi) is 4.72. The van der Waals surface area contributed by atoms with Gasteiger partial charge in [-0.3, -0.25) is 4.79 Å². The van der Waals surface area contributed by atoms with E-state index >= 15 is 0 Å². The number of aliphatic carboxylic acids is 1. The van der Waals surface area contributed by atoms with Crippen molar-refractivity contribution >= 4 is 17.7 Å². The standard InChI is InChI=1S/C14H16F2N2O3/c15-9-4-5-11(16)12(6-9)18-14(21)17-7-8-2-1-3-10(8)13(19)20/h4-6,8,10H,1-3,7H2,(H,19,20)(H2,17,18,21). The van der Waals surface area contributed by atoms with E-state index in [0.717, 1.165) is 31.0 Å². The lowest BCUT2D eigenvalue weighted by molar-refractivity contribution is -0.142. The Morgan fingerprint density at radius 3 is 2.76 bits per heavy atom. The van der Waals surface area contributed by atoms with Crippen LogP contribution in [-0.4, -0.2) is 23.7 Å². The molecular weight excluding hydrogens is 282 g/mol. The van der Waals surface area contributed by atoms with Gasteiger partial charge in [0.05, 0.1) is 11.6 Å². The average Bonchev–Trinajstić information content (AvgIpc) is 2.89. The maximum Gasteiger partial charge on any atom is 0.319 e. The van der Waals surface area contributed by atoms with Gasteiger partial charge in [0.2, 0.25) is 0 Å². The minimum atomic E-state index is -0.865. The fourth-order valence-corrected chi connectivity index (χ4v) is 2.59. The maximum atomic E-state index is 13.4. The molecule has 1 aliphatic rings. The third-order valence-corrected chi connectivity index (χ3v) is 3.68. The number of halogens is 2. The van der Waals surface area contributed by atoms with E-state index < -0.39 is 29.6 Å². The topological polar surface area (TPSA) is 78.4 Å². The predicted octanol–water partition coefficient (Wildman–Crippen LogP) is 2.59. The molecule has 0 saturated heterocycles. The summed E-state index contributed by atoms with van der Waals surface area (Å²) >= 11 is 0. The smallest absolute Gasteiger partial charge is 0.319 e. The van der Waals surface area contributed by atoms with Gasteiger partial charge in [0.25, 0.3) is 0 Å². The highest BCUT2D eigenvalue weighted by molar-refractivity contribution is 5.89. The molecule has 21 heavy (non-hydrogen) atoms. The van der Waals surface area contributed by atoms with Crippen LogP contribution in [0.15, 0.2) is 18.2 Å². The van der Waals surface area contributed by atoms with E-state index in [0.29, 0.717) is 6.42 Å². The fourth-order valence-electron chi connectivity index (χ4n) is 2.59. The molecule has 1 fully saturated rings. The van der Waals surface area contributed by atoms with Crippen molar-refractivity contribution in [1.29, 1.82) is 0 Å². The summed E-state index contributed by atoms with van der Waals surface area (Å²) < 4.78 is 26.3. The Balaban J connectivity index is 1.87. The van der Waals surface area contributed by atoms with Crippen LogP contribution in [0.2, 0.25) is 0 Å². The van der Waals surface area contributed by atoms with Gasteiger partial charge >= 0.3 is 12.0 Å². The molecule has 0 bridgehead atoms. The highest BCUT2D eigenvalue weighted by Crippen LogP contribution is 2.31. The van der Waals surface area contributed by atoms with Gasteiger partial charge in [-0.15, -0.1) is 0 Å². The zero-order valence-corrected chi connectivity index (χ0v) is 11.2. The highest BCUT2D eigenvalue weighted by atomic mass is 19.1. The Bertz CT molecular complexity index is 551. The van der Waals surface area contributed by atoms with Crippen LogP contribution in [0.3, 0.4) is 0 Å². The van der Waals surface area contributed by atoms with Gasteiger partial charge in [0.1, 0.15) is 11.6 Å². The summed E-state index contributed by atoms with van der Waals surface area (Å²) in [6.07, 6.45) is 2.14. The summed E-state index contributed by atoms with van der Waals surface area (Å²) in [4.78, 5) is 22.7. The molecule has 2 rings (SSSR count). The fraction of sp³-hybridized carbons (Fsp3) is 0.429.